The van der Waals surface area contributed by atoms with Crippen molar-refractivity contribution in [1.82, 2.24) is 4.98 Å². The van der Waals surface area contributed by atoms with E-state index >= 15 is 0 Å². The Morgan fingerprint density at radius 1 is 0.952 bits per heavy atom. The second-order valence-electron chi connectivity index (χ2n) is 6.23. The van der Waals surface area contributed by atoms with Gasteiger partial charge in [0.25, 0.3) is 0 Å². The van der Waals surface area contributed by atoms with Gasteiger partial charge < -0.3 is 0 Å². The number of para-hydroxylation sites is 1. The number of hydrogen-bond acceptors (Lipinski definition) is 2. The van der Waals surface area contributed by atoms with Gasteiger partial charge in [0.1, 0.15) is 5.01 Å². The average Bonchev–Trinajstić information content (AvgIpc) is 2.87. The highest BCUT2D eigenvalue weighted by atomic mass is 32.1. The molecule has 3 rings (SSSR count). The van der Waals surface area contributed by atoms with E-state index in [1.807, 2.05) is 6.07 Å². The van der Waals surface area contributed by atoms with Crippen LogP contribution in [0.5, 0.6) is 0 Å². The lowest BCUT2D eigenvalue weighted by atomic mass is 9.86. The predicted octanol–water partition coefficient (Wildman–Crippen LogP) is 5.76. The summed E-state index contributed by atoms with van der Waals surface area (Å²) in [4.78, 5) is 4.63. The molecule has 106 valence electrons. The van der Waals surface area contributed by atoms with Crippen molar-refractivity contribution in [2.75, 3.05) is 0 Å². The van der Waals surface area contributed by atoms with Gasteiger partial charge in [0.2, 0.25) is 0 Å². The van der Waals surface area contributed by atoms with Crippen LogP contribution in [0.1, 0.15) is 36.9 Å². The van der Waals surface area contributed by atoms with Gasteiger partial charge in [-0.3, -0.25) is 0 Å². The normalized spacial score (nSPS) is 12.3. The topological polar surface area (TPSA) is 12.9 Å². The van der Waals surface area contributed by atoms with Crippen molar-refractivity contribution in [3.05, 3.63) is 64.7 Å². The molecule has 0 unspecified atom stereocenters. The summed E-state index contributed by atoms with van der Waals surface area (Å²) < 4.78 is 1.24. The van der Waals surface area contributed by atoms with Crippen LogP contribution in [0.25, 0.3) is 22.4 Å². The van der Waals surface area contributed by atoms with Crippen LogP contribution in [0.15, 0.2) is 48.5 Å². The van der Waals surface area contributed by atoms with Gasteiger partial charge in [0, 0.05) is 0 Å². The molecule has 0 saturated heterocycles. The first-order chi connectivity index (χ1) is 10.0. The van der Waals surface area contributed by atoms with E-state index in [2.05, 4.69) is 80.4 Å². The van der Waals surface area contributed by atoms with Gasteiger partial charge in [-0.1, -0.05) is 63.2 Å². The average molecular weight is 293 g/mol. The number of benzene rings is 2. The smallest absolute Gasteiger partial charge is 0.117 e. The van der Waals surface area contributed by atoms with Gasteiger partial charge >= 0.3 is 0 Å². The van der Waals surface area contributed by atoms with Gasteiger partial charge in [0.05, 0.1) is 10.2 Å². The second-order valence-corrected chi connectivity index (χ2v) is 7.29. The zero-order valence-corrected chi connectivity index (χ0v) is 13.4. The molecule has 0 atom stereocenters. The van der Waals surface area contributed by atoms with Gasteiger partial charge in [-0.25, -0.2) is 4.98 Å². The predicted molar refractivity (Wildman–Crippen MR) is 93.7 cm³/mol. The van der Waals surface area contributed by atoms with E-state index in [9.17, 15) is 0 Å². The first kappa shape index (κ1) is 14.0. The number of hydrogen-bond donors (Lipinski definition) is 0. The minimum atomic E-state index is 0.180. The van der Waals surface area contributed by atoms with Crippen LogP contribution in [-0.4, -0.2) is 4.98 Å². The lowest BCUT2D eigenvalue weighted by Gasteiger charge is -2.19. The summed E-state index contributed by atoms with van der Waals surface area (Å²) in [5, 5.41) is 1.05. The molecule has 1 nitrogen and oxygen atoms in total. The largest absolute Gasteiger partial charge is 0.237 e. The van der Waals surface area contributed by atoms with Crippen LogP contribution < -0.4 is 0 Å². The molecule has 2 heteroatoms. The summed E-state index contributed by atoms with van der Waals surface area (Å²) in [5.74, 6) is 0. The molecule has 0 saturated carbocycles. The number of aromatic nitrogens is 1. The Morgan fingerprint density at radius 3 is 2.52 bits per heavy atom. The SMILES string of the molecule is CC(C)(C)c1cccc(/C=C/c2nc3ccccc3s2)c1. The highest BCUT2D eigenvalue weighted by molar-refractivity contribution is 7.19. The molecular weight excluding hydrogens is 274 g/mol. The Labute approximate surface area is 130 Å². The van der Waals surface area contributed by atoms with Crippen LogP contribution in [0, 0.1) is 0 Å². The van der Waals surface area contributed by atoms with Crippen LogP contribution >= 0.6 is 11.3 Å². The molecule has 0 spiro atoms. The minimum Gasteiger partial charge on any atom is -0.237 e. The van der Waals surface area contributed by atoms with Gasteiger partial charge in [-0.05, 0) is 34.8 Å². The van der Waals surface area contributed by atoms with Gasteiger partial charge in [0.15, 0.2) is 0 Å². The van der Waals surface area contributed by atoms with Crippen molar-refractivity contribution in [3.8, 4) is 0 Å². The molecular formula is C19H19NS. The molecule has 0 bridgehead atoms. The Hall–Kier alpha value is -1.93. The molecule has 1 aromatic heterocycles. The van der Waals surface area contributed by atoms with Crippen LogP contribution in [0.2, 0.25) is 0 Å². The van der Waals surface area contributed by atoms with E-state index < -0.39 is 0 Å². The maximum atomic E-state index is 4.63. The Morgan fingerprint density at radius 2 is 1.76 bits per heavy atom. The van der Waals surface area contributed by atoms with Crippen molar-refractivity contribution >= 4 is 33.7 Å². The van der Waals surface area contributed by atoms with Crippen molar-refractivity contribution in [1.29, 1.82) is 0 Å². The molecule has 21 heavy (non-hydrogen) atoms. The molecule has 3 aromatic rings. The summed E-state index contributed by atoms with van der Waals surface area (Å²) in [6.45, 7) is 6.72. The Kier molecular flexibility index (Phi) is 3.64. The fourth-order valence-corrected chi connectivity index (χ4v) is 3.11. The summed E-state index contributed by atoms with van der Waals surface area (Å²) in [5.41, 5.74) is 3.83. The summed E-state index contributed by atoms with van der Waals surface area (Å²) >= 11 is 1.73. The van der Waals surface area contributed by atoms with E-state index in [0.717, 1.165) is 10.5 Å². The van der Waals surface area contributed by atoms with Crippen LogP contribution in [0.4, 0.5) is 0 Å². The maximum Gasteiger partial charge on any atom is 0.117 e. The number of fused-ring (bicyclic) bond motifs is 1. The molecule has 2 aromatic carbocycles. The molecule has 0 aliphatic rings. The number of nitrogens with zero attached hydrogens (tertiary/aromatic N) is 1. The zero-order valence-electron chi connectivity index (χ0n) is 12.6. The van der Waals surface area contributed by atoms with E-state index in [-0.39, 0.29) is 5.41 Å². The quantitative estimate of drug-likeness (QED) is 0.585. The highest BCUT2D eigenvalue weighted by Gasteiger charge is 2.12. The molecule has 0 N–H and O–H groups in total. The maximum absolute atomic E-state index is 4.63. The third-order valence-corrected chi connectivity index (χ3v) is 4.48. The Bertz CT molecular complexity index is 757. The molecule has 0 amide bonds. The molecule has 1 heterocycles. The number of thiazole rings is 1. The lowest BCUT2D eigenvalue weighted by molar-refractivity contribution is 0.590. The van der Waals surface area contributed by atoms with Crippen molar-refractivity contribution in [3.63, 3.8) is 0 Å². The fraction of sp³-hybridized carbons (Fsp3) is 0.211. The van der Waals surface area contributed by atoms with E-state index in [0.29, 0.717) is 0 Å². The van der Waals surface area contributed by atoms with Crippen molar-refractivity contribution in [2.24, 2.45) is 0 Å². The minimum absolute atomic E-state index is 0.180. The standard InChI is InChI=1S/C19H19NS/c1-19(2,3)15-8-6-7-14(13-15)11-12-18-20-16-9-4-5-10-17(16)21-18/h4-13H,1-3H3/b12-11+. The first-order valence-electron chi connectivity index (χ1n) is 7.16. The zero-order chi connectivity index (χ0) is 14.9. The highest BCUT2D eigenvalue weighted by Crippen LogP contribution is 2.25. The fourth-order valence-electron chi connectivity index (χ4n) is 2.24. The first-order valence-corrected chi connectivity index (χ1v) is 7.98. The molecule has 0 aliphatic heterocycles. The van der Waals surface area contributed by atoms with Crippen molar-refractivity contribution in [2.45, 2.75) is 26.2 Å². The lowest BCUT2D eigenvalue weighted by Crippen LogP contribution is -2.10. The Balaban J connectivity index is 1.89. The number of rotatable bonds is 2. The summed E-state index contributed by atoms with van der Waals surface area (Å²) in [6.07, 6.45) is 4.25. The molecule has 0 fully saturated rings. The second kappa shape index (κ2) is 5.45. The van der Waals surface area contributed by atoms with E-state index in [1.165, 1.54) is 15.8 Å². The van der Waals surface area contributed by atoms with E-state index in [1.54, 1.807) is 11.3 Å². The third kappa shape index (κ3) is 3.22. The van der Waals surface area contributed by atoms with Crippen molar-refractivity contribution < 1.29 is 0 Å². The molecule has 0 aliphatic carbocycles. The van der Waals surface area contributed by atoms with Crippen LogP contribution in [-0.2, 0) is 5.41 Å². The van der Waals surface area contributed by atoms with Crippen LogP contribution in [0.3, 0.4) is 0 Å². The monoisotopic (exact) mass is 293 g/mol. The summed E-state index contributed by atoms with van der Waals surface area (Å²) in [7, 11) is 0. The molecule has 0 radical (unpaired) electrons. The van der Waals surface area contributed by atoms with E-state index in [4.69, 9.17) is 0 Å². The van der Waals surface area contributed by atoms with Gasteiger partial charge in [-0.2, -0.15) is 0 Å². The third-order valence-electron chi connectivity index (χ3n) is 3.48. The van der Waals surface area contributed by atoms with Gasteiger partial charge in [-0.15, -0.1) is 11.3 Å². The summed E-state index contributed by atoms with van der Waals surface area (Å²) in [6, 6.07) is 17.0.